The van der Waals surface area contributed by atoms with Crippen molar-refractivity contribution in [1.82, 2.24) is 5.32 Å². The van der Waals surface area contributed by atoms with Gasteiger partial charge in [-0.2, -0.15) is 0 Å². The number of carboxylic acid groups (broad SMARTS) is 1. The Morgan fingerprint density at radius 2 is 1.76 bits per heavy atom. The van der Waals surface area contributed by atoms with Crippen molar-refractivity contribution in [3.05, 3.63) is 0 Å². The summed E-state index contributed by atoms with van der Waals surface area (Å²) in [7, 11) is 0. The average molecular weight is 253 g/mol. The molecule has 0 aromatic carbocycles. The summed E-state index contributed by atoms with van der Waals surface area (Å²) in [6.07, 6.45) is -2.02. The molecule has 0 saturated heterocycles. The molecule has 0 aliphatic rings. The number of hydrogen-bond acceptors (Lipinski definition) is 3. The first-order chi connectivity index (χ1) is 7.41. The van der Waals surface area contributed by atoms with E-state index in [-0.39, 0.29) is 0 Å². The van der Waals surface area contributed by atoms with Crippen molar-refractivity contribution >= 4 is 12.1 Å². The number of nitrogens with one attached hydrogen (secondary N) is 1. The Balaban J connectivity index is 4.47. The summed E-state index contributed by atoms with van der Waals surface area (Å²) in [6.45, 7) is 5.32. The summed E-state index contributed by atoms with van der Waals surface area (Å²) >= 11 is 0. The molecule has 0 fully saturated rings. The lowest BCUT2D eigenvalue weighted by Crippen LogP contribution is -2.45. The minimum atomic E-state index is -3.18. The zero-order valence-electron chi connectivity index (χ0n) is 10.2. The topological polar surface area (TPSA) is 75.6 Å². The van der Waals surface area contributed by atoms with Crippen molar-refractivity contribution < 1.29 is 28.2 Å². The summed E-state index contributed by atoms with van der Waals surface area (Å²) < 4.78 is 30.1. The zero-order valence-corrected chi connectivity index (χ0v) is 10.2. The number of alkyl halides is 2. The first kappa shape index (κ1) is 15.6. The number of carboxylic acids is 1. The molecule has 0 aliphatic heterocycles. The van der Waals surface area contributed by atoms with E-state index in [0.29, 0.717) is 6.92 Å². The van der Waals surface area contributed by atoms with Crippen LogP contribution >= 0.6 is 0 Å². The Kier molecular flexibility index (Phi) is 4.85. The number of halogens is 2. The van der Waals surface area contributed by atoms with Gasteiger partial charge in [0.1, 0.15) is 11.6 Å². The third-order valence-electron chi connectivity index (χ3n) is 1.55. The highest BCUT2D eigenvalue weighted by atomic mass is 19.3. The van der Waals surface area contributed by atoms with Crippen LogP contribution in [0.3, 0.4) is 0 Å². The lowest BCUT2D eigenvalue weighted by atomic mass is 10.1. The molecular weight excluding hydrogens is 236 g/mol. The van der Waals surface area contributed by atoms with Gasteiger partial charge >= 0.3 is 12.1 Å². The molecule has 5 nitrogen and oxygen atoms in total. The van der Waals surface area contributed by atoms with E-state index in [2.05, 4.69) is 0 Å². The maximum Gasteiger partial charge on any atom is 0.408 e. The molecule has 0 heterocycles. The molecule has 0 aromatic rings. The predicted molar refractivity (Wildman–Crippen MR) is 56.0 cm³/mol. The molecule has 1 amide bonds. The van der Waals surface area contributed by atoms with Gasteiger partial charge in [0.05, 0.1) is 0 Å². The van der Waals surface area contributed by atoms with E-state index in [1.807, 2.05) is 5.32 Å². The first-order valence-electron chi connectivity index (χ1n) is 5.01. The number of ether oxygens (including phenoxy) is 1. The van der Waals surface area contributed by atoms with Gasteiger partial charge in [-0.3, -0.25) is 0 Å². The largest absolute Gasteiger partial charge is 0.480 e. The fraction of sp³-hybridized carbons (Fsp3) is 0.800. The van der Waals surface area contributed by atoms with Gasteiger partial charge in [0.15, 0.2) is 0 Å². The minimum Gasteiger partial charge on any atom is -0.480 e. The van der Waals surface area contributed by atoms with Crippen molar-refractivity contribution in [3.8, 4) is 0 Å². The summed E-state index contributed by atoms with van der Waals surface area (Å²) in [6, 6.07) is -1.68. The van der Waals surface area contributed by atoms with Crippen LogP contribution in [-0.2, 0) is 9.53 Å². The second-order valence-corrected chi connectivity index (χ2v) is 4.81. The lowest BCUT2D eigenvalue weighted by molar-refractivity contribution is -0.142. The van der Waals surface area contributed by atoms with E-state index < -0.39 is 36.0 Å². The van der Waals surface area contributed by atoms with E-state index in [1.54, 1.807) is 20.8 Å². The molecule has 0 aromatic heterocycles. The lowest BCUT2D eigenvalue weighted by Gasteiger charge is -2.23. The Bertz CT molecular complexity index is 294. The third-order valence-corrected chi connectivity index (χ3v) is 1.55. The van der Waals surface area contributed by atoms with E-state index in [4.69, 9.17) is 9.84 Å². The van der Waals surface area contributed by atoms with Crippen LogP contribution in [0, 0.1) is 0 Å². The van der Waals surface area contributed by atoms with Crippen LogP contribution in [0.2, 0.25) is 0 Å². The van der Waals surface area contributed by atoms with Crippen LogP contribution < -0.4 is 5.32 Å². The molecule has 1 atom stereocenters. The summed E-state index contributed by atoms with van der Waals surface area (Å²) in [5, 5.41) is 10.6. The van der Waals surface area contributed by atoms with Crippen LogP contribution in [0.4, 0.5) is 13.6 Å². The van der Waals surface area contributed by atoms with Crippen LogP contribution in [0.25, 0.3) is 0 Å². The molecule has 0 bridgehead atoms. The predicted octanol–water partition coefficient (Wildman–Crippen LogP) is 2.01. The standard InChI is InChI=1S/C10H17F2NO4/c1-9(2,3)17-8(16)13-6(7(14)15)5-10(4,11)12/h6H,5H2,1-4H3,(H,13,16)(H,14,15)/t6-/m1/s1. The number of aliphatic carboxylic acids is 1. The van der Waals surface area contributed by atoms with Gasteiger partial charge in [0, 0.05) is 6.42 Å². The first-order valence-corrected chi connectivity index (χ1v) is 5.01. The Morgan fingerprint density at radius 3 is 2.06 bits per heavy atom. The van der Waals surface area contributed by atoms with Gasteiger partial charge in [0.25, 0.3) is 0 Å². The number of rotatable bonds is 4. The normalized spacial score (nSPS) is 14.0. The highest BCUT2D eigenvalue weighted by Crippen LogP contribution is 2.19. The molecule has 0 aliphatic carbocycles. The number of alkyl carbamates (subject to hydrolysis) is 1. The minimum absolute atomic E-state index is 0.583. The zero-order chi connectivity index (χ0) is 13.9. The number of carbonyl (C=O) groups excluding carboxylic acids is 1. The second kappa shape index (κ2) is 5.29. The Hall–Kier alpha value is -1.40. The van der Waals surface area contributed by atoms with Gasteiger partial charge in [-0.1, -0.05) is 0 Å². The quantitative estimate of drug-likeness (QED) is 0.803. The van der Waals surface area contributed by atoms with E-state index in [1.165, 1.54) is 0 Å². The van der Waals surface area contributed by atoms with Gasteiger partial charge in [0.2, 0.25) is 5.92 Å². The Morgan fingerprint density at radius 1 is 1.29 bits per heavy atom. The molecule has 100 valence electrons. The number of hydrogen-bond donors (Lipinski definition) is 2. The van der Waals surface area contributed by atoms with Crippen LogP contribution in [-0.4, -0.2) is 34.7 Å². The van der Waals surface area contributed by atoms with Crippen LogP contribution in [0.1, 0.15) is 34.1 Å². The summed E-state index contributed by atoms with van der Waals surface area (Å²) in [5.74, 6) is -4.71. The van der Waals surface area contributed by atoms with Crippen molar-refractivity contribution in [3.63, 3.8) is 0 Å². The summed E-state index contributed by atoms with van der Waals surface area (Å²) in [5.41, 5.74) is -0.818. The molecule has 7 heteroatoms. The van der Waals surface area contributed by atoms with Gasteiger partial charge < -0.3 is 15.2 Å². The molecule has 0 rings (SSSR count). The third kappa shape index (κ3) is 8.41. The molecule has 2 N–H and O–H groups in total. The fourth-order valence-corrected chi connectivity index (χ4v) is 1.01. The van der Waals surface area contributed by atoms with Gasteiger partial charge in [-0.05, 0) is 27.7 Å². The molecule has 0 saturated carbocycles. The number of amides is 1. The highest BCUT2D eigenvalue weighted by molar-refractivity contribution is 5.80. The van der Waals surface area contributed by atoms with E-state index >= 15 is 0 Å². The summed E-state index contributed by atoms with van der Waals surface area (Å²) in [4.78, 5) is 21.9. The number of carbonyl (C=O) groups is 2. The van der Waals surface area contributed by atoms with Crippen molar-refractivity contribution in [1.29, 1.82) is 0 Å². The maximum absolute atomic E-state index is 12.7. The Labute approximate surface area is 98.1 Å². The van der Waals surface area contributed by atoms with Crippen LogP contribution in [0.5, 0.6) is 0 Å². The molecule has 17 heavy (non-hydrogen) atoms. The van der Waals surface area contributed by atoms with Gasteiger partial charge in [-0.25, -0.2) is 18.4 Å². The fourth-order valence-electron chi connectivity index (χ4n) is 1.01. The smallest absolute Gasteiger partial charge is 0.408 e. The second-order valence-electron chi connectivity index (χ2n) is 4.81. The van der Waals surface area contributed by atoms with Crippen LogP contribution in [0.15, 0.2) is 0 Å². The van der Waals surface area contributed by atoms with Crippen molar-refractivity contribution in [2.75, 3.05) is 0 Å². The average Bonchev–Trinajstić information content (AvgIpc) is 1.95. The molecular formula is C10H17F2NO4. The molecule has 0 unspecified atom stereocenters. The van der Waals surface area contributed by atoms with Crippen molar-refractivity contribution in [2.24, 2.45) is 0 Å². The van der Waals surface area contributed by atoms with E-state index in [0.717, 1.165) is 0 Å². The monoisotopic (exact) mass is 253 g/mol. The van der Waals surface area contributed by atoms with Crippen molar-refractivity contribution in [2.45, 2.75) is 51.7 Å². The molecule has 0 spiro atoms. The van der Waals surface area contributed by atoms with Gasteiger partial charge in [-0.15, -0.1) is 0 Å². The van der Waals surface area contributed by atoms with E-state index in [9.17, 15) is 18.4 Å². The molecule has 0 radical (unpaired) electrons. The maximum atomic E-state index is 12.7. The SMILES string of the molecule is CC(F)(F)C[C@@H](NC(=O)OC(C)(C)C)C(=O)O. The highest BCUT2D eigenvalue weighted by Gasteiger charge is 2.33.